The molecule has 116 valence electrons. The Balaban J connectivity index is 0.00000161. The normalized spacial score (nSPS) is 22.9. The van der Waals surface area contributed by atoms with Crippen molar-refractivity contribution in [2.75, 3.05) is 19.6 Å². The summed E-state index contributed by atoms with van der Waals surface area (Å²) in [6.45, 7) is 2.82. The fraction of sp³-hybridized carbons (Fsp3) is 0.562. The summed E-state index contributed by atoms with van der Waals surface area (Å²) in [5, 5.41) is 4.08. The molecule has 2 aliphatic rings. The average molecular weight is 329 g/mol. The Morgan fingerprint density at radius 1 is 1.24 bits per heavy atom. The monoisotopic (exact) mass is 328 g/mol. The predicted molar refractivity (Wildman–Crippen MR) is 88.0 cm³/mol. The van der Waals surface area contributed by atoms with Gasteiger partial charge in [0.1, 0.15) is 0 Å². The first-order valence-corrected chi connectivity index (χ1v) is 7.90. The second kappa shape index (κ2) is 7.48. The first-order valence-electron chi connectivity index (χ1n) is 7.52. The summed E-state index contributed by atoms with van der Waals surface area (Å²) >= 11 is 6.09. The van der Waals surface area contributed by atoms with Crippen LogP contribution in [0.15, 0.2) is 24.3 Å². The lowest BCUT2D eigenvalue weighted by Gasteiger charge is -2.31. The number of carbonyl (C=O) groups excluding carboxylic acids is 1. The zero-order valence-corrected chi connectivity index (χ0v) is 13.6. The van der Waals surface area contributed by atoms with Gasteiger partial charge in [-0.15, -0.1) is 12.4 Å². The van der Waals surface area contributed by atoms with Gasteiger partial charge < -0.3 is 10.2 Å². The Labute approximate surface area is 137 Å². The molecule has 0 aliphatic carbocycles. The van der Waals surface area contributed by atoms with Crippen molar-refractivity contribution in [3.63, 3.8) is 0 Å². The van der Waals surface area contributed by atoms with Crippen LogP contribution in [-0.4, -0.2) is 30.4 Å². The van der Waals surface area contributed by atoms with E-state index >= 15 is 0 Å². The fourth-order valence-electron chi connectivity index (χ4n) is 3.39. The third-order valence-corrected chi connectivity index (χ3v) is 4.69. The minimum absolute atomic E-state index is 0. The Morgan fingerprint density at radius 3 is 2.71 bits per heavy atom. The average Bonchev–Trinajstić information content (AvgIpc) is 2.97. The molecule has 0 bridgehead atoms. The molecule has 2 saturated heterocycles. The molecule has 1 atom stereocenters. The van der Waals surface area contributed by atoms with Crippen molar-refractivity contribution < 1.29 is 4.79 Å². The number of likely N-dealkylation sites (tertiary alicyclic amines) is 1. The highest BCUT2D eigenvalue weighted by Crippen LogP contribution is 2.35. The molecule has 3 nitrogen and oxygen atoms in total. The lowest BCUT2D eigenvalue weighted by atomic mass is 9.95. The van der Waals surface area contributed by atoms with E-state index in [9.17, 15) is 4.79 Å². The van der Waals surface area contributed by atoms with Gasteiger partial charge in [0.25, 0.3) is 0 Å². The zero-order chi connectivity index (χ0) is 13.9. The van der Waals surface area contributed by atoms with Crippen LogP contribution >= 0.6 is 24.0 Å². The maximum Gasteiger partial charge on any atom is 0.226 e. The molecule has 1 unspecified atom stereocenters. The van der Waals surface area contributed by atoms with Gasteiger partial charge in [-0.3, -0.25) is 4.79 Å². The number of benzene rings is 1. The molecule has 0 saturated carbocycles. The molecule has 0 radical (unpaired) electrons. The van der Waals surface area contributed by atoms with E-state index in [1.165, 1.54) is 5.56 Å². The van der Waals surface area contributed by atoms with Gasteiger partial charge in [-0.2, -0.15) is 0 Å². The molecule has 1 amide bonds. The van der Waals surface area contributed by atoms with E-state index in [0.29, 0.717) is 5.91 Å². The topological polar surface area (TPSA) is 32.3 Å². The lowest BCUT2D eigenvalue weighted by Crippen LogP contribution is -2.40. The highest BCUT2D eigenvalue weighted by atomic mass is 35.5. The van der Waals surface area contributed by atoms with Crippen LogP contribution in [0.1, 0.15) is 37.3 Å². The van der Waals surface area contributed by atoms with E-state index in [1.54, 1.807) is 0 Å². The Morgan fingerprint density at radius 2 is 2.00 bits per heavy atom. The standard InChI is InChI=1S/C16H21ClN2O.ClH/c17-14-4-1-3-13(11-14)15-5-2-10-19(15)16(20)12-6-8-18-9-7-12;/h1,3-4,11-12,15,18H,2,5-10H2;1H. The third-order valence-electron chi connectivity index (χ3n) is 4.46. The minimum Gasteiger partial charge on any atom is -0.335 e. The number of carbonyl (C=O) groups is 1. The Kier molecular flexibility index (Phi) is 5.91. The van der Waals surface area contributed by atoms with Gasteiger partial charge in [-0.1, -0.05) is 23.7 Å². The SMILES string of the molecule is Cl.O=C(C1CCNCC1)N1CCCC1c1cccc(Cl)c1. The number of nitrogens with one attached hydrogen (secondary N) is 1. The number of hydrogen-bond acceptors (Lipinski definition) is 2. The van der Waals surface area contributed by atoms with E-state index in [4.69, 9.17) is 11.6 Å². The van der Waals surface area contributed by atoms with Crippen LogP contribution in [0.5, 0.6) is 0 Å². The summed E-state index contributed by atoms with van der Waals surface area (Å²) in [6.07, 6.45) is 4.08. The van der Waals surface area contributed by atoms with E-state index in [2.05, 4.69) is 16.3 Å². The quantitative estimate of drug-likeness (QED) is 0.902. The van der Waals surface area contributed by atoms with Crippen molar-refractivity contribution in [3.8, 4) is 0 Å². The van der Waals surface area contributed by atoms with Gasteiger partial charge in [-0.05, 0) is 56.5 Å². The first kappa shape index (κ1) is 16.6. The molecule has 2 heterocycles. The number of rotatable bonds is 2. The first-order chi connectivity index (χ1) is 9.75. The molecule has 0 spiro atoms. The van der Waals surface area contributed by atoms with Crippen molar-refractivity contribution >= 4 is 29.9 Å². The van der Waals surface area contributed by atoms with Gasteiger partial charge in [0.15, 0.2) is 0 Å². The van der Waals surface area contributed by atoms with Crippen molar-refractivity contribution in [2.45, 2.75) is 31.7 Å². The zero-order valence-electron chi connectivity index (χ0n) is 12.1. The van der Waals surface area contributed by atoms with E-state index in [0.717, 1.165) is 50.3 Å². The Bertz CT molecular complexity index is 489. The van der Waals surface area contributed by atoms with Gasteiger partial charge in [0, 0.05) is 17.5 Å². The van der Waals surface area contributed by atoms with Crippen LogP contribution < -0.4 is 5.32 Å². The maximum atomic E-state index is 12.7. The highest BCUT2D eigenvalue weighted by molar-refractivity contribution is 6.30. The van der Waals surface area contributed by atoms with Gasteiger partial charge >= 0.3 is 0 Å². The summed E-state index contributed by atoms with van der Waals surface area (Å²) < 4.78 is 0. The lowest BCUT2D eigenvalue weighted by molar-refractivity contribution is -0.137. The largest absolute Gasteiger partial charge is 0.335 e. The van der Waals surface area contributed by atoms with Crippen molar-refractivity contribution in [2.24, 2.45) is 5.92 Å². The molecule has 3 rings (SSSR count). The molecule has 1 aromatic rings. The third kappa shape index (κ3) is 3.71. The number of nitrogens with zero attached hydrogens (tertiary/aromatic N) is 1. The van der Waals surface area contributed by atoms with Crippen LogP contribution in [0.25, 0.3) is 0 Å². The molecule has 5 heteroatoms. The van der Waals surface area contributed by atoms with E-state index in [1.807, 2.05) is 18.2 Å². The molecule has 21 heavy (non-hydrogen) atoms. The number of hydrogen-bond donors (Lipinski definition) is 1. The number of halogens is 2. The molecular formula is C16H22Cl2N2O. The molecule has 0 aromatic heterocycles. The summed E-state index contributed by atoms with van der Waals surface area (Å²) in [6, 6.07) is 8.17. The van der Waals surface area contributed by atoms with Gasteiger partial charge in [0.05, 0.1) is 6.04 Å². The van der Waals surface area contributed by atoms with Crippen LogP contribution in [0.3, 0.4) is 0 Å². The highest BCUT2D eigenvalue weighted by Gasteiger charge is 2.34. The molecule has 1 aromatic carbocycles. The van der Waals surface area contributed by atoms with Crippen LogP contribution in [0, 0.1) is 5.92 Å². The maximum absolute atomic E-state index is 12.7. The van der Waals surface area contributed by atoms with Gasteiger partial charge in [0.2, 0.25) is 5.91 Å². The smallest absolute Gasteiger partial charge is 0.226 e. The summed E-state index contributed by atoms with van der Waals surface area (Å²) in [5.74, 6) is 0.546. The predicted octanol–water partition coefficient (Wildman–Crippen LogP) is 3.42. The number of piperidine rings is 1. The summed E-state index contributed by atoms with van der Waals surface area (Å²) in [7, 11) is 0. The van der Waals surface area contributed by atoms with Crippen LogP contribution in [0.4, 0.5) is 0 Å². The van der Waals surface area contributed by atoms with Crippen molar-refractivity contribution in [1.29, 1.82) is 0 Å². The fourth-order valence-corrected chi connectivity index (χ4v) is 3.59. The minimum atomic E-state index is 0. The number of amides is 1. The van der Waals surface area contributed by atoms with Crippen LogP contribution in [0.2, 0.25) is 5.02 Å². The second-order valence-corrected chi connectivity index (χ2v) is 6.21. The molecule has 2 aliphatic heterocycles. The van der Waals surface area contributed by atoms with Gasteiger partial charge in [-0.25, -0.2) is 0 Å². The Hall–Kier alpha value is -0.770. The van der Waals surface area contributed by atoms with Crippen molar-refractivity contribution in [3.05, 3.63) is 34.9 Å². The molecule has 2 fully saturated rings. The van der Waals surface area contributed by atoms with E-state index < -0.39 is 0 Å². The van der Waals surface area contributed by atoms with Crippen LogP contribution in [-0.2, 0) is 4.79 Å². The van der Waals surface area contributed by atoms with E-state index in [-0.39, 0.29) is 24.4 Å². The molecular weight excluding hydrogens is 307 g/mol. The van der Waals surface area contributed by atoms with Crippen molar-refractivity contribution in [1.82, 2.24) is 10.2 Å². The summed E-state index contributed by atoms with van der Waals surface area (Å²) in [5.41, 5.74) is 1.18. The molecule has 1 N–H and O–H groups in total. The second-order valence-electron chi connectivity index (χ2n) is 5.77. The summed E-state index contributed by atoms with van der Waals surface area (Å²) in [4.78, 5) is 14.8.